The molecule has 164 valence electrons. The Morgan fingerprint density at radius 2 is 2.14 bits per heavy atom. The smallest absolute Gasteiger partial charge is 0.224 e. The molecule has 0 saturated carbocycles. The van der Waals surface area contributed by atoms with Gasteiger partial charge in [0.15, 0.2) is 5.96 Å². The fraction of sp³-hybridized carbons (Fsp3) is 0.619. The maximum atomic E-state index is 12.4. The lowest BCUT2D eigenvalue weighted by atomic mass is 10.0. The third-order valence-corrected chi connectivity index (χ3v) is 4.84. The summed E-state index contributed by atoms with van der Waals surface area (Å²) in [5.74, 6) is 1.64. The van der Waals surface area contributed by atoms with Crippen LogP contribution in [0.15, 0.2) is 29.3 Å². The van der Waals surface area contributed by atoms with Gasteiger partial charge in [0.05, 0.1) is 6.61 Å². The van der Waals surface area contributed by atoms with Gasteiger partial charge in [-0.15, -0.1) is 24.0 Å². The Morgan fingerprint density at radius 3 is 2.86 bits per heavy atom. The van der Waals surface area contributed by atoms with Crippen molar-refractivity contribution in [1.29, 1.82) is 0 Å². The zero-order valence-corrected chi connectivity index (χ0v) is 20.1. The summed E-state index contributed by atoms with van der Waals surface area (Å²) in [7, 11) is 3.40. The zero-order chi connectivity index (χ0) is 20.2. The first-order chi connectivity index (χ1) is 13.6. The van der Waals surface area contributed by atoms with Crippen molar-refractivity contribution in [2.45, 2.75) is 45.1 Å². The van der Waals surface area contributed by atoms with Crippen molar-refractivity contribution in [3.63, 3.8) is 0 Å². The molecule has 1 aliphatic rings. The lowest BCUT2D eigenvalue weighted by Gasteiger charge is -2.33. The summed E-state index contributed by atoms with van der Waals surface area (Å²) in [4.78, 5) is 18.7. The molecule has 8 heteroatoms. The number of nitrogens with zero attached hydrogens (tertiary/aromatic N) is 2. The highest BCUT2D eigenvalue weighted by atomic mass is 127. The number of piperidine rings is 1. The topological polar surface area (TPSA) is 75.2 Å². The SMILES string of the molecule is CN=C(NCCC(=O)N1CCCCC1C)Nc1cccc(OCCCOC)c1.I. The van der Waals surface area contributed by atoms with E-state index < -0.39 is 0 Å². The van der Waals surface area contributed by atoms with Crippen LogP contribution in [0.4, 0.5) is 5.69 Å². The molecule has 1 heterocycles. The molecule has 1 fully saturated rings. The average molecular weight is 518 g/mol. The molecule has 0 aromatic heterocycles. The van der Waals surface area contributed by atoms with E-state index in [1.807, 2.05) is 29.2 Å². The molecular formula is C21H35IN4O3. The summed E-state index contributed by atoms with van der Waals surface area (Å²) in [6.45, 7) is 4.86. The number of anilines is 1. The lowest BCUT2D eigenvalue weighted by molar-refractivity contribution is -0.134. The van der Waals surface area contributed by atoms with Gasteiger partial charge in [0.25, 0.3) is 0 Å². The predicted molar refractivity (Wildman–Crippen MR) is 128 cm³/mol. The van der Waals surface area contributed by atoms with Crippen molar-refractivity contribution in [3.05, 3.63) is 24.3 Å². The van der Waals surface area contributed by atoms with Gasteiger partial charge in [0.2, 0.25) is 5.91 Å². The van der Waals surface area contributed by atoms with Crippen LogP contribution >= 0.6 is 24.0 Å². The van der Waals surface area contributed by atoms with Crippen molar-refractivity contribution >= 4 is 41.5 Å². The molecule has 1 unspecified atom stereocenters. The Bertz CT molecular complexity index is 642. The first kappa shape index (κ1) is 25.5. The fourth-order valence-corrected chi connectivity index (χ4v) is 3.27. The van der Waals surface area contributed by atoms with Gasteiger partial charge in [-0.05, 0) is 38.3 Å². The molecule has 0 spiro atoms. The van der Waals surface area contributed by atoms with Gasteiger partial charge in [-0.1, -0.05) is 6.07 Å². The van der Waals surface area contributed by atoms with Gasteiger partial charge >= 0.3 is 0 Å². The molecule has 2 rings (SSSR count). The van der Waals surface area contributed by atoms with Crippen LogP contribution < -0.4 is 15.4 Å². The highest BCUT2D eigenvalue weighted by Gasteiger charge is 2.22. The molecule has 1 aromatic rings. The first-order valence-electron chi connectivity index (χ1n) is 10.1. The number of aliphatic imine (C=N–C) groups is 1. The van der Waals surface area contributed by atoms with Crippen molar-refractivity contribution < 1.29 is 14.3 Å². The zero-order valence-electron chi connectivity index (χ0n) is 17.8. The summed E-state index contributed by atoms with van der Waals surface area (Å²) in [5, 5.41) is 6.46. The maximum absolute atomic E-state index is 12.4. The maximum Gasteiger partial charge on any atom is 0.224 e. The van der Waals surface area contributed by atoms with E-state index in [2.05, 4.69) is 22.5 Å². The van der Waals surface area contributed by atoms with Crippen LogP contribution in [-0.4, -0.2) is 63.3 Å². The van der Waals surface area contributed by atoms with Crippen molar-refractivity contribution in [3.8, 4) is 5.75 Å². The Kier molecular flexibility index (Phi) is 12.7. The Labute approximate surface area is 191 Å². The van der Waals surface area contributed by atoms with Crippen molar-refractivity contribution in [2.75, 3.05) is 45.8 Å². The summed E-state index contributed by atoms with van der Waals surface area (Å²) >= 11 is 0. The molecule has 1 amide bonds. The third-order valence-electron chi connectivity index (χ3n) is 4.84. The van der Waals surface area contributed by atoms with Crippen LogP contribution in [0.3, 0.4) is 0 Å². The number of methoxy groups -OCH3 is 1. The van der Waals surface area contributed by atoms with Gasteiger partial charge in [-0.25, -0.2) is 0 Å². The van der Waals surface area contributed by atoms with Gasteiger partial charge in [-0.2, -0.15) is 0 Å². The summed E-state index contributed by atoms with van der Waals surface area (Å²) in [6, 6.07) is 8.09. The molecule has 0 radical (unpaired) electrons. The number of ether oxygens (including phenoxy) is 2. The quantitative estimate of drug-likeness (QED) is 0.227. The molecular weight excluding hydrogens is 483 g/mol. The van der Waals surface area contributed by atoms with Gasteiger partial charge in [0.1, 0.15) is 5.75 Å². The molecule has 29 heavy (non-hydrogen) atoms. The number of halogens is 1. The van der Waals surface area contributed by atoms with Crippen LogP contribution in [0.5, 0.6) is 5.75 Å². The molecule has 0 bridgehead atoms. The number of carbonyl (C=O) groups excluding carboxylic acids is 1. The molecule has 1 aromatic carbocycles. The Morgan fingerprint density at radius 1 is 1.31 bits per heavy atom. The van der Waals surface area contributed by atoms with Crippen LogP contribution in [0.2, 0.25) is 0 Å². The number of benzene rings is 1. The number of likely N-dealkylation sites (tertiary alicyclic amines) is 1. The van der Waals surface area contributed by atoms with E-state index >= 15 is 0 Å². The van der Waals surface area contributed by atoms with E-state index in [4.69, 9.17) is 9.47 Å². The number of carbonyl (C=O) groups is 1. The monoisotopic (exact) mass is 518 g/mol. The fourth-order valence-electron chi connectivity index (χ4n) is 3.27. The highest BCUT2D eigenvalue weighted by Crippen LogP contribution is 2.18. The minimum atomic E-state index is 0. The van der Waals surface area contributed by atoms with Crippen LogP contribution in [0.1, 0.15) is 39.0 Å². The van der Waals surface area contributed by atoms with E-state index in [1.54, 1.807) is 14.2 Å². The molecule has 1 saturated heterocycles. The van der Waals surface area contributed by atoms with Gasteiger partial charge in [0, 0.05) is 64.5 Å². The molecule has 0 aliphatic carbocycles. The van der Waals surface area contributed by atoms with E-state index in [-0.39, 0.29) is 29.9 Å². The minimum Gasteiger partial charge on any atom is -0.493 e. The van der Waals surface area contributed by atoms with Crippen molar-refractivity contribution in [2.24, 2.45) is 4.99 Å². The number of rotatable bonds is 9. The average Bonchev–Trinajstić information content (AvgIpc) is 2.71. The number of nitrogens with one attached hydrogen (secondary N) is 2. The normalized spacial score (nSPS) is 16.7. The van der Waals surface area contributed by atoms with Crippen LogP contribution in [-0.2, 0) is 9.53 Å². The minimum absolute atomic E-state index is 0. The van der Waals surface area contributed by atoms with E-state index in [9.17, 15) is 4.79 Å². The standard InChI is InChI=1S/C21H34N4O3.HI/c1-17-8-4-5-13-25(17)20(26)11-12-23-21(22-2)24-18-9-6-10-19(16-18)28-15-7-14-27-3;/h6,9-10,16-17H,4-5,7-8,11-15H2,1-3H3,(H2,22,23,24);1H. The largest absolute Gasteiger partial charge is 0.493 e. The number of hydrogen-bond donors (Lipinski definition) is 2. The Balaban J connectivity index is 0.00000420. The number of hydrogen-bond acceptors (Lipinski definition) is 4. The predicted octanol–water partition coefficient (Wildman–Crippen LogP) is 3.50. The Hall–Kier alpha value is -1.55. The summed E-state index contributed by atoms with van der Waals surface area (Å²) in [6.07, 6.45) is 4.74. The summed E-state index contributed by atoms with van der Waals surface area (Å²) in [5.41, 5.74) is 0.883. The number of amides is 1. The first-order valence-corrected chi connectivity index (χ1v) is 10.1. The second kappa shape index (κ2) is 14.4. The second-order valence-corrected chi connectivity index (χ2v) is 7.03. The third kappa shape index (κ3) is 9.20. The molecule has 1 atom stereocenters. The van der Waals surface area contributed by atoms with Crippen LogP contribution in [0, 0.1) is 0 Å². The van der Waals surface area contributed by atoms with Crippen molar-refractivity contribution in [1.82, 2.24) is 10.2 Å². The molecule has 7 nitrogen and oxygen atoms in total. The van der Waals surface area contributed by atoms with Crippen LogP contribution in [0.25, 0.3) is 0 Å². The van der Waals surface area contributed by atoms with E-state index in [1.165, 1.54) is 6.42 Å². The van der Waals surface area contributed by atoms with E-state index in [0.29, 0.717) is 38.2 Å². The number of guanidine groups is 1. The lowest BCUT2D eigenvalue weighted by Crippen LogP contribution is -2.43. The second-order valence-electron chi connectivity index (χ2n) is 7.03. The molecule has 1 aliphatic heterocycles. The summed E-state index contributed by atoms with van der Waals surface area (Å²) < 4.78 is 10.7. The highest BCUT2D eigenvalue weighted by molar-refractivity contribution is 14.0. The molecule has 2 N–H and O–H groups in total. The van der Waals surface area contributed by atoms with Gasteiger partial charge < -0.3 is 25.0 Å². The van der Waals surface area contributed by atoms with Gasteiger partial charge in [-0.3, -0.25) is 9.79 Å². The van der Waals surface area contributed by atoms with E-state index in [0.717, 1.165) is 37.2 Å².